The van der Waals surface area contributed by atoms with Crippen molar-refractivity contribution in [2.45, 2.75) is 57.6 Å². The van der Waals surface area contributed by atoms with Crippen LogP contribution in [0.4, 0.5) is 0 Å². The molecule has 3 nitrogen and oxygen atoms in total. The third-order valence-corrected chi connectivity index (χ3v) is 4.14. The molecule has 2 unspecified atom stereocenters. The van der Waals surface area contributed by atoms with Gasteiger partial charge in [0.15, 0.2) is 0 Å². The highest BCUT2D eigenvalue weighted by molar-refractivity contribution is 5.39. The zero-order chi connectivity index (χ0) is 14.4. The molecule has 112 valence electrons. The van der Waals surface area contributed by atoms with Gasteiger partial charge in [-0.05, 0) is 42.5 Å². The molecule has 2 atom stereocenters. The van der Waals surface area contributed by atoms with Crippen molar-refractivity contribution >= 4 is 0 Å². The first-order valence-electron chi connectivity index (χ1n) is 7.80. The number of unbranched alkanes of at least 4 members (excludes halogenated alkanes) is 3. The highest BCUT2D eigenvalue weighted by Crippen LogP contribution is 2.32. The molecule has 1 aromatic carbocycles. The van der Waals surface area contributed by atoms with Crippen LogP contribution in [0.15, 0.2) is 18.2 Å². The number of benzene rings is 1. The van der Waals surface area contributed by atoms with Crippen LogP contribution in [0.2, 0.25) is 0 Å². The van der Waals surface area contributed by atoms with Crippen LogP contribution in [-0.4, -0.2) is 19.8 Å². The van der Waals surface area contributed by atoms with E-state index in [1.807, 2.05) is 6.07 Å². The third kappa shape index (κ3) is 3.74. The number of ether oxygens (including phenoxy) is 2. The van der Waals surface area contributed by atoms with E-state index < -0.39 is 0 Å². The molecule has 0 amide bonds. The maximum atomic E-state index is 6.36. The predicted molar refractivity (Wildman–Crippen MR) is 82.1 cm³/mol. The maximum absolute atomic E-state index is 6.36. The van der Waals surface area contributed by atoms with Gasteiger partial charge in [0.2, 0.25) is 0 Å². The monoisotopic (exact) mass is 277 g/mol. The maximum Gasteiger partial charge on any atom is 0.119 e. The van der Waals surface area contributed by atoms with Crippen molar-refractivity contribution in [1.29, 1.82) is 0 Å². The van der Waals surface area contributed by atoms with Gasteiger partial charge >= 0.3 is 0 Å². The molecule has 1 aliphatic carbocycles. The number of rotatable bonds is 7. The van der Waals surface area contributed by atoms with Gasteiger partial charge in [0.05, 0.1) is 19.3 Å². The lowest BCUT2D eigenvalue weighted by atomic mass is 9.86. The first-order valence-corrected chi connectivity index (χ1v) is 7.80. The normalized spacial score (nSPS) is 21.6. The highest BCUT2D eigenvalue weighted by atomic mass is 16.5. The molecule has 0 bridgehead atoms. The Bertz CT molecular complexity index is 419. The minimum absolute atomic E-state index is 0.00386. The van der Waals surface area contributed by atoms with Crippen molar-refractivity contribution in [2.75, 3.05) is 13.7 Å². The van der Waals surface area contributed by atoms with E-state index in [4.69, 9.17) is 15.2 Å². The van der Waals surface area contributed by atoms with E-state index >= 15 is 0 Å². The van der Waals surface area contributed by atoms with Crippen molar-refractivity contribution in [3.05, 3.63) is 29.3 Å². The number of fused-ring (bicyclic) bond motifs is 1. The molecule has 0 fully saturated rings. The van der Waals surface area contributed by atoms with Crippen molar-refractivity contribution in [2.24, 2.45) is 5.73 Å². The summed E-state index contributed by atoms with van der Waals surface area (Å²) in [5, 5.41) is 0. The average molecular weight is 277 g/mol. The van der Waals surface area contributed by atoms with E-state index in [0.29, 0.717) is 0 Å². The van der Waals surface area contributed by atoms with Crippen molar-refractivity contribution in [3.63, 3.8) is 0 Å². The molecule has 0 saturated heterocycles. The number of aryl methyl sites for hydroxylation is 1. The summed E-state index contributed by atoms with van der Waals surface area (Å²) in [5.74, 6) is 0.912. The summed E-state index contributed by atoms with van der Waals surface area (Å²) < 4.78 is 11.3. The largest absolute Gasteiger partial charge is 0.497 e. The van der Waals surface area contributed by atoms with Gasteiger partial charge in [0.1, 0.15) is 5.75 Å². The van der Waals surface area contributed by atoms with E-state index in [1.165, 1.54) is 30.4 Å². The summed E-state index contributed by atoms with van der Waals surface area (Å²) in [6.45, 7) is 3.06. The molecule has 20 heavy (non-hydrogen) atoms. The lowest BCUT2D eigenvalue weighted by Crippen LogP contribution is -2.34. The van der Waals surface area contributed by atoms with Crippen LogP contribution in [0.3, 0.4) is 0 Å². The Labute approximate surface area is 122 Å². The number of hydrogen-bond acceptors (Lipinski definition) is 3. The van der Waals surface area contributed by atoms with Gasteiger partial charge in [-0.25, -0.2) is 0 Å². The molecule has 0 heterocycles. The molecule has 0 aromatic heterocycles. The topological polar surface area (TPSA) is 44.5 Å². The van der Waals surface area contributed by atoms with Crippen LogP contribution in [-0.2, 0) is 11.2 Å². The van der Waals surface area contributed by atoms with E-state index in [0.717, 1.165) is 31.6 Å². The van der Waals surface area contributed by atoms with Crippen molar-refractivity contribution < 1.29 is 9.47 Å². The van der Waals surface area contributed by atoms with Crippen LogP contribution in [0, 0.1) is 0 Å². The Balaban J connectivity index is 1.89. The van der Waals surface area contributed by atoms with E-state index in [1.54, 1.807) is 7.11 Å². The zero-order valence-electron chi connectivity index (χ0n) is 12.7. The summed E-state index contributed by atoms with van der Waals surface area (Å²) in [5.41, 5.74) is 8.88. The summed E-state index contributed by atoms with van der Waals surface area (Å²) >= 11 is 0. The molecular weight excluding hydrogens is 250 g/mol. The molecule has 0 saturated carbocycles. The van der Waals surface area contributed by atoms with Gasteiger partial charge in [-0.1, -0.05) is 32.3 Å². The predicted octanol–water partition coefficient (Wildman–Crippen LogP) is 3.61. The number of hydrogen-bond donors (Lipinski definition) is 1. The zero-order valence-corrected chi connectivity index (χ0v) is 12.7. The Morgan fingerprint density at radius 1 is 1.25 bits per heavy atom. The lowest BCUT2D eigenvalue weighted by Gasteiger charge is -2.31. The first kappa shape index (κ1) is 15.3. The summed E-state index contributed by atoms with van der Waals surface area (Å²) in [4.78, 5) is 0. The molecule has 0 aliphatic heterocycles. The van der Waals surface area contributed by atoms with Gasteiger partial charge < -0.3 is 15.2 Å². The Morgan fingerprint density at radius 2 is 2.10 bits per heavy atom. The Hall–Kier alpha value is -1.06. The minimum atomic E-state index is -0.00386. The summed E-state index contributed by atoms with van der Waals surface area (Å²) in [7, 11) is 1.70. The van der Waals surface area contributed by atoms with Crippen LogP contribution in [0.5, 0.6) is 5.75 Å². The first-order chi connectivity index (χ1) is 9.76. The molecule has 3 heteroatoms. The quantitative estimate of drug-likeness (QED) is 0.774. The fraction of sp³-hybridized carbons (Fsp3) is 0.647. The second-order valence-electron chi connectivity index (χ2n) is 5.60. The minimum Gasteiger partial charge on any atom is -0.497 e. The van der Waals surface area contributed by atoms with Crippen LogP contribution >= 0.6 is 0 Å². The van der Waals surface area contributed by atoms with Gasteiger partial charge in [-0.15, -0.1) is 0 Å². The van der Waals surface area contributed by atoms with Crippen LogP contribution in [0.25, 0.3) is 0 Å². The van der Waals surface area contributed by atoms with E-state index in [9.17, 15) is 0 Å². The van der Waals surface area contributed by atoms with Gasteiger partial charge in [0, 0.05) is 6.61 Å². The molecule has 2 rings (SSSR count). The molecule has 2 N–H and O–H groups in total. The fourth-order valence-electron chi connectivity index (χ4n) is 2.88. The Morgan fingerprint density at radius 3 is 2.85 bits per heavy atom. The van der Waals surface area contributed by atoms with Gasteiger partial charge in [-0.2, -0.15) is 0 Å². The standard InChI is InChI=1S/C17H27NO2/c1-3-4-5-6-11-20-16-10-7-13-12-14(19-2)8-9-15(13)17(16)18/h8-9,12,16-17H,3-7,10-11,18H2,1-2H3. The molecule has 1 aromatic rings. The summed E-state index contributed by atoms with van der Waals surface area (Å²) in [6, 6.07) is 6.18. The SMILES string of the molecule is CCCCCCOC1CCc2cc(OC)ccc2C1N. The van der Waals surface area contributed by atoms with E-state index in [2.05, 4.69) is 19.1 Å². The Kier molecular flexibility index (Phi) is 5.86. The van der Waals surface area contributed by atoms with Crippen LogP contribution < -0.4 is 10.5 Å². The second-order valence-corrected chi connectivity index (χ2v) is 5.60. The molecule has 0 radical (unpaired) electrons. The fourth-order valence-corrected chi connectivity index (χ4v) is 2.88. The van der Waals surface area contributed by atoms with Crippen molar-refractivity contribution in [3.8, 4) is 5.75 Å². The van der Waals surface area contributed by atoms with Gasteiger partial charge in [0.25, 0.3) is 0 Å². The van der Waals surface area contributed by atoms with Crippen molar-refractivity contribution in [1.82, 2.24) is 0 Å². The van der Waals surface area contributed by atoms with E-state index in [-0.39, 0.29) is 12.1 Å². The smallest absolute Gasteiger partial charge is 0.119 e. The molecule has 0 spiro atoms. The van der Waals surface area contributed by atoms with Crippen LogP contribution in [0.1, 0.15) is 56.2 Å². The highest BCUT2D eigenvalue weighted by Gasteiger charge is 2.27. The molecule has 1 aliphatic rings. The number of nitrogens with two attached hydrogens (primary N) is 1. The molecular formula is C17H27NO2. The number of methoxy groups -OCH3 is 1. The average Bonchev–Trinajstić information content (AvgIpc) is 2.48. The third-order valence-electron chi connectivity index (χ3n) is 4.14. The second kappa shape index (κ2) is 7.65. The summed E-state index contributed by atoms with van der Waals surface area (Å²) in [6.07, 6.45) is 7.16. The lowest BCUT2D eigenvalue weighted by molar-refractivity contribution is 0.0230. The van der Waals surface area contributed by atoms with Gasteiger partial charge in [-0.3, -0.25) is 0 Å².